The average Bonchev–Trinajstić information content (AvgIpc) is 2.48. The molecular weight excluding hydrogens is 258 g/mol. The Hall–Kier alpha value is -1.59. The molecule has 1 N–H and O–H groups in total. The molecule has 5 nitrogen and oxygen atoms in total. The molecule has 1 aliphatic rings. The minimum atomic E-state index is -0.933. The number of ether oxygens (including phenoxy) is 2. The number of carboxylic acids is 1. The summed E-state index contributed by atoms with van der Waals surface area (Å²) >= 11 is 0. The van der Waals surface area contributed by atoms with Crippen LogP contribution in [0.25, 0.3) is 0 Å². The summed E-state index contributed by atoms with van der Waals surface area (Å²) in [6.45, 7) is 3.47. The van der Waals surface area contributed by atoms with Crippen molar-refractivity contribution in [1.29, 1.82) is 0 Å². The quantitative estimate of drug-likeness (QED) is 0.861. The molecule has 0 unspecified atom stereocenters. The van der Waals surface area contributed by atoms with Gasteiger partial charge in [-0.3, -0.25) is 4.90 Å². The second-order valence-electron chi connectivity index (χ2n) is 4.96. The van der Waals surface area contributed by atoms with E-state index in [-0.39, 0.29) is 5.56 Å². The van der Waals surface area contributed by atoms with Gasteiger partial charge in [-0.25, -0.2) is 4.79 Å². The van der Waals surface area contributed by atoms with Gasteiger partial charge in [0.25, 0.3) is 0 Å². The van der Waals surface area contributed by atoms with Crippen LogP contribution >= 0.6 is 0 Å². The number of carboxylic acid groups (broad SMARTS) is 1. The number of hydrogen-bond acceptors (Lipinski definition) is 4. The fourth-order valence-corrected chi connectivity index (χ4v) is 2.38. The Labute approximate surface area is 119 Å². The molecule has 0 atom stereocenters. The van der Waals surface area contributed by atoms with Crippen molar-refractivity contribution in [3.63, 3.8) is 0 Å². The van der Waals surface area contributed by atoms with E-state index in [1.54, 1.807) is 31.4 Å². The summed E-state index contributed by atoms with van der Waals surface area (Å²) in [5.74, 6) is -0.325. The molecule has 110 valence electrons. The van der Waals surface area contributed by atoms with Gasteiger partial charge in [0.05, 0.1) is 11.7 Å². The maximum absolute atomic E-state index is 10.9. The zero-order valence-corrected chi connectivity index (χ0v) is 11.7. The van der Waals surface area contributed by atoms with E-state index in [9.17, 15) is 4.79 Å². The lowest BCUT2D eigenvalue weighted by atomic mass is 10.1. The van der Waals surface area contributed by atoms with Crippen LogP contribution in [0.4, 0.5) is 0 Å². The Kier molecular flexibility index (Phi) is 5.38. The number of hydrogen-bond donors (Lipinski definition) is 1. The number of likely N-dealkylation sites (tertiary alicyclic amines) is 1. The van der Waals surface area contributed by atoms with Gasteiger partial charge in [-0.2, -0.15) is 0 Å². The van der Waals surface area contributed by atoms with E-state index in [0.29, 0.717) is 18.5 Å². The van der Waals surface area contributed by atoms with E-state index < -0.39 is 5.97 Å². The number of nitrogens with zero attached hydrogens (tertiary/aromatic N) is 1. The van der Waals surface area contributed by atoms with Crippen LogP contribution in [0.1, 0.15) is 23.2 Å². The molecule has 1 aromatic carbocycles. The molecule has 1 saturated heterocycles. The predicted octanol–water partition coefficient (Wildman–Crippen LogP) is 1.87. The number of carbonyl (C=O) groups is 1. The molecule has 5 heteroatoms. The highest BCUT2D eigenvalue weighted by molar-refractivity contribution is 5.87. The lowest BCUT2D eigenvalue weighted by Crippen LogP contribution is -2.38. The maximum atomic E-state index is 10.9. The summed E-state index contributed by atoms with van der Waals surface area (Å²) in [5, 5.41) is 8.91. The van der Waals surface area contributed by atoms with Crippen LogP contribution in [0.15, 0.2) is 24.3 Å². The van der Waals surface area contributed by atoms with E-state index in [2.05, 4.69) is 4.90 Å². The van der Waals surface area contributed by atoms with E-state index in [0.717, 1.165) is 32.5 Å². The summed E-state index contributed by atoms with van der Waals surface area (Å²) in [5.41, 5.74) is 0.253. The number of aromatic carboxylic acids is 1. The monoisotopic (exact) mass is 279 g/mol. The molecule has 1 fully saturated rings. The topological polar surface area (TPSA) is 59.0 Å². The van der Waals surface area contributed by atoms with Crippen LogP contribution in [-0.2, 0) is 4.74 Å². The summed E-state index contributed by atoms with van der Waals surface area (Å²) in [7, 11) is 1.76. The first kappa shape index (κ1) is 14.8. The predicted molar refractivity (Wildman–Crippen MR) is 75.4 cm³/mol. The molecule has 0 radical (unpaired) electrons. The summed E-state index contributed by atoms with van der Waals surface area (Å²) in [4.78, 5) is 13.2. The molecule has 1 heterocycles. The van der Waals surface area contributed by atoms with Gasteiger partial charge in [0, 0.05) is 26.7 Å². The van der Waals surface area contributed by atoms with Crippen LogP contribution < -0.4 is 4.74 Å². The van der Waals surface area contributed by atoms with Crippen molar-refractivity contribution < 1.29 is 19.4 Å². The van der Waals surface area contributed by atoms with Crippen LogP contribution in [0, 0.1) is 0 Å². The van der Waals surface area contributed by atoms with Gasteiger partial charge in [-0.05, 0) is 31.0 Å². The normalized spacial score (nSPS) is 17.1. The Morgan fingerprint density at radius 3 is 2.80 bits per heavy atom. The van der Waals surface area contributed by atoms with Crippen LogP contribution in [0.2, 0.25) is 0 Å². The molecule has 0 bridgehead atoms. The van der Waals surface area contributed by atoms with Crippen molar-refractivity contribution in [2.45, 2.75) is 18.9 Å². The van der Waals surface area contributed by atoms with Gasteiger partial charge >= 0.3 is 5.97 Å². The minimum absolute atomic E-state index is 0.253. The molecule has 1 aromatic rings. The van der Waals surface area contributed by atoms with E-state index >= 15 is 0 Å². The first-order valence-electron chi connectivity index (χ1n) is 6.90. The zero-order chi connectivity index (χ0) is 14.4. The van der Waals surface area contributed by atoms with Gasteiger partial charge in [0.2, 0.25) is 0 Å². The fraction of sp³-hybridized carbons (Fsp3) is 0.533. The first-order valence-corrected chi connectivity index (χ1v) is 6.90. The second kappa shape index (κ2) is 7.26. The molecule has 1 aliphatic heterocycles. The maximum Gasteiger partial charge on any atom is 0.335 e. The van der Waals surface area contributed by atoms with Crippen LogP contribution in [-0.4, -0.2) is 55.4 Å². The fourth-order valence-electron chi connectivity index (χ4n) is 2.38. The zero-order valence-electron chi connectivity index (χ0n) is 11.7. The van der Waals surface area contributed by atoms with Gasteiger partial charge in [-0.1, -0.05) is 6.07 Å². The average molecular weight is 279 g/mol. The van der Waals surface area contributed by atoms with Crippen molar-refractivity contribution in [3.05, 3.63) is 29.8 Å². The van der Waals surface area contributed by atoms with E-state index in [1.807, 2.05) is 0 Å². The third-order valence-corrected chi connectivity index (χ3v) is 3.63. The second-order valence-corrected chi connectivity index (χ2v) is 4.96. The van der Waals surface area contributed by atoms with Gasteiger partial charge in [0.1, 0.15) is 12.4 Å². The van der Waals surface area contributed by atoms with Crippen molar-refractivity contribution in [1.82, 2.24) is 4.90 Å². The molecule has 0 saturated carbocycles. The molecule has 2 rings (SSSR count). The SMILES string of the molecule is COC1CCN(CCOc2cccc(C(=O)O)c2)CC1. The third kappa shape index (κ3) is 4.21. The third-order valence-electron chi connectivity index (χ3n) is 3.63. The van der Waals surface area contributed by atoms with Crippen LogP contribution in [0.3, 0.4) is 0 Å². The van der Waals surface area contributed by atoms with Gasteiger partial charge in [-0.15, -0.1) is 0 Å². The van der Waals surface area contributed by atoms with E-state index in [1.165, 1.54) is 0 Å². The first-order chi connectivity index (χ1) is 9.69. The smallest absolute Gasteiger partial charge is 0.335 e. The van der Waals surface area contributed by atoms with Crippen molar-refractivity contribution in [3.8, 4) is 5.75 Å². The van der Waals surface area contributed by atoms with Gasteiger partial charge < -0.3 is 14.6 Å². The van der Waals surface area contributed by atoms with Crippen molar-refractivity contribution >= 4 is 5.97 Å². The standard InChI is InChI=1S/C15H21NO4/c1-19-13-5-7-16(8-6-13)9-10-20-14-4-2-3-12(11-14)15(17)18/h2-4,11,13H,5-10H2,1H3,(H,17,18). The lowest BCUT2D eigenvalue weighted by Gasteiger charge is -2.30. The molecule has 0 aromatic heterocycles. The highest BCUT2D eigenvalue weighted by Gasteiger charge is 2.18. The summed E-state index contributed by atoms with van der Waals surface area (Å²) in [6.07, 6.45) is 2.51. The van der Waals surface area contributed by atoms with Crippen molar-refractivity contribution in [2.24, 2.45) is 0 Å². The lowest BCUT2D eigenvalue weighted by molar-refractivity contribution is 0.0375. The number of piperidine rings is 1. The molecule has 20 heavy (non-hydrogen) atoms. The minimum Gasteiger partial charge on any atom is -0.492 e. The molecule has 0 aliphatic carbocycles. The number of rotatable bonds is 6. The highest BCUT2D eigenvalue weighted by Crippen LogP contribution is 2.15. The van der Waals surface area contributed by atoms with Gasteiger partial charge in [0.15, 0.2) is 0 Å². The van der Waals surface area contributed by atoms with Crippen LogP contribution in [0.5, 0.6) is 5.75 Å². The number of benzene rings is 1. The Balaban J connectivity index is 1.73. The number of methoxy groups -OCH3 is 1. The Bertz CT molecular complexity index is 441. The summed E-state index contributed by atoms with van der Waals surface area (Å²) in [6, 6.07) is 6.59. The molecule has 0 spiro atoms. The highest BCUT2D eigenvalue weighted by atomic mass is 16.5. The van der Waals surface area contributed by atoms with Crippen molar-refractivity contribution in [2.75, 3.05) is 33.4 Å². The van der Waals surface area contributed by atoms with E-state index in [4.69, 9.17) is 14.6 Å². The summed E-state index contributed by atoms with van der Waals surface area (Å²) < 4.78 is 11.0. The largest absolute Gasteiger partial charge is 0.492 e. The Morgan fingerprint density at radius 1 is 1.40 bits per heavy atom. The molecule has 0 amide bonds. The Morgan fingerprint density at radius 2 is 2.15 bits per heavy atom. The molecular formula is C15H21NO4.